The number of nitrogens with two attached hydrogens (primary N) is 1. The highest BCUT2D eigenvalue weighted by Gasteiger charge is 2.31. The van der Waals surface area contributed by atoms with Gasteiger partial charge in [-0.05, 0) is 31.0 Å². The first kappa shape index (κ1) is 15.7. The molecule has 0 spiro atoms. The summed E-state index contributed by atoms with van der Waals surface area (Å²) in [7, 11) is -0.836. The van der Waals surface area contributed by atoms with Crippen LogP contribution >= 0.6 is 0 Å². The van der Waals surface area contributed by atoms with Gasteiger partial charge in [0, 0.05) is 13.2 Å². The smallest absolute Gasteiger partial charge is 0.255 e. The van der Waals surface area contributed by atoms with Crippen molar-refractivity contribution < 1.29 is 22.7 Å². The van der Waals surface area contributed by atoms with Crippen LogP contribution in [0.4, 0.5) is 0 Å². The summed E-state index contributed by atoms with van der Waals surface area (Å²) in [5.74, 6) is -0.0978. The van der Waals surface area contributed by atoms with Gasteiger partial charge in [-0.2, -0.15) is 0 Å². The van der Waals surface area contributed by atoms with E-state index in [1.807, 2.05) is 0 Å². The van der Waals surface area contributed by atoms with Crippen LogP contribution < -0.4 is 15.2 Å². The van der Waals surface area contributed by atoms with Gasteiger partial charge in [0.1, 0.15) is 5.75 Å². The number of ether oxygens (including phenoxy) is 2. The lowest BCUT2D eigenvalue weighted by Crippen LogP contribution is -2.47. The summed E-state index contributed by atoms with van der Waals surface area (Å²) >= 11 is 0. The normalized spacial score (nSPS) is 21.5. The van der Waals surface area contributed by atoms with Crippen LogP contribution in [-0.2, 0) is 14.8 Å². The van der Waals surface area contributed by atoms with Gasteiger partial charge in [-0.25, -0.2) is 13.6 Å². The van der Waals surface area contributed by atoms with Crippen molar-refractivity contribution in [3.05, 3.63) is 23.8 Å². The van der Waals surface area contributed by atoms with Gasteiger partial charge in [-0.3, -0.25) is 4.79 Å². The van der Waals surface area contributed by atoms with Crippen molar-refractivity contribution in [3.63, 3.8) is 0 Å². The van der Waals surface area contributed by atoms with E-state index in [-0.39, 0.29) is 22.6 Å². The van der Waals surface area contributed by atoms with E-state index in [9.17, 15) is 13.2 Å². The van der Waals surface area contributed by atoms with Gasteiger partial charge in [-0.15, -0.1) is 0 Å². The van der Waals surface area contributed by atoms with Crippen LogP contribution in [0.15, 0.2) is 23.1 Å². The van der Waals surface area contributed by atoms with Crippen molar-refractivity contribution in [2.45, 2.75) is 29.9 Å². The summed E-state index contributed by atoms with van der Waals surface area (Å²) < 4.78 is 33.0. The molecule has 0 saturated heterocycles. The average Bonchev–Trinajstić information content (AvgIpc) is 2.40. The number of sulfonamides is 1. The minimum absolute atomic E-state index is 0.0188. The number of benzene rings is 1. The molecule has 0 aliphatic heterocycles. The topological polar surface area (TPSA) is 108 Å². The largest absolute Gasteiger partial charge is 0.496 e. The van der Waals surface area contributed by atoms with Crippen molar-refractivity contribution in [2.24, 2.45) is 5.14 Å². The first-order valence-electron chi connectivity index (χ1n) is 6.39. The Labute approximate surface area is 123 Å². The van der Waals surface area contributed by atoms with Gasteiger partial charge in [0.15, 0.2) is 0 Å². The zero-order chi connectivity index (χ0) is 15.6. The van der Waals surface area contributed by atoms with Gasteiger partial charge in [-0.1, -0.05) is 0 Å². The van der Waals surface area contributed by atoms with Gasteiger partial charge in [0.2, 0.25) is 10.0 Å². The molecule has 1 aromatic rings. The van der Waals surface area contributed by atoms with E-state index in [0.29, 0.717) is 5.75 Å². The molecule has 7 nitrogen and oxygen atoms in total. The maximum absolute atomic E-state index is 12.2. The molecule has 1 aliphatic carbocycles. The predicted octanol–water partition coefficient (Wildman–Crippen LogP) is 0.250. The van der Waals surface area contributed by atoms with Crippen molar-refractivity contribution >= 4 is 15.9 Å². The first-order valence-corrected chi connectivity index (χ1v) is 7.94. The fourth-order valence-corrected chi connectivity index (χ4v) is 2.72. The summed E-state index contributed by atoms with van der Waals surface area (Å²) in [6, 6.07) is 3.95. The van der Waals surface area contributed by atoms with Crippen molar-refractivity contribution in [2.75, 3.05) is 14.2 Å². The van der Waals surface area contributed by atoms with Crippen molar-refractivity contribution in [3.8, 4) is 5.75 Å². The third-order valence-corrected chi connectivity index (χ3v) is 4.42. The third-order valence-electron chi connectivity index (χ3n) is 3.51. The molecule has 0 heterocycles. The number of primary sulfonamides is 1. The van der Waals surface area contributed by atoms with E-state index in [4.69, 9.17) is 14.6 Å². The fourth-order valence-electron chi connectivity index (χ4n) is 2.18. The zero-order valence-corrected chi connectivity index (χ0v) is 12.6. The van der Waals surface area contributed by atoms with Gasteiger partial charge < -0.3 is 14.8 Å². The average molecular weight is 314 g/mol. The summed E-state index contributed by atoms with van der Waals surface area (Å²) in [5, 5.41) is 7.89. The number of hydrogen-bond acceptors (Lipinski definition) is 5. The molecule has 1 aliphatic rings. The molecule has 1 saturated carbocycles. The van der Waals surface area contributed by atoms with Gasteiger partial charge in [0.05, 0.1) is 23.7 Å². The molecule has 21 heavy (non-hydrogen) atoms. The third kappa shape index (κ3) is 3.52. The second-order valence-corrected chi connectivity index (χ2v) is 6.47. The zero-order valence-electron chi connectivity index (χ0n) is 11.8. The van der Waals surface area contributed by atoms with Gasteiger partial charge in [0.25, 0.3) is 5.91 Å². The minimum Gasteiger partial charge on any atom is -0.496 e. The summed E-state index contributed by atoms with van der Waals surface area (Å²) in [6.45, 7) is 0. The molecular weight excluding hydrogens is 296 g/mol. The number of rotatable bonds is 5. The highest BCUT2D eigenvalue weighted by molar-refractivity contribution is 7.89. The first-order chi connectivity index (χ1) is 9.85. The highest BCUT2D eigenvalue weighted by Crippen LogP contribution is 2.25. The lowest BCUT2D eigenvalue weighted by molar-refractivity contribution is 0.0176. The number of carbonyl (C=O) groups is 1. The van der Waals surface area contributed by atoms with Crippen LogP contribution in [-0.4, -0.2) is 40.7 Å². The van der Waals surface area contributed by atoms with Crippen molar-refractivity contribution in [1.29, 1.82) is 0 Å². The molecule has 1 fully saturated rings. The molecule has 1 aromatic carbocycles. The molecule has 0 radical (unpaired) electrons. The molecule has 2 rings (SSSR count). The number of hydrogen-bond donors (Lipinski definition) is 2. The predicted molar refractivity (Wildman–Crippen MR) is 75.7 cm³/mol. The number of methoxy groups -OCH3 is 2. The number of carbonyl (C=O) groups excluding carboxylic acids is 1. The Morgan fingerprint density at radius 3 is 2.52 bits per heavy atom. The van der Waals surface area contributed by atoms with Crippen LogP contribution in [0.25, 0.3) is 0 Å². The van der Waals surface area contributed by atoms with E-state index in [1.54, 1.807) is 7.11 Å². The Morgan fingerprint density at radius 1 is 1.33 bits per heavy atom. The van der Waals surface area contributed by atoms with E-state index in [1.165, 1.54) is 25.3 Å². The fraction of sp³-hybridized carbons (Fsp3) is 0.462. The van der Waals surface area contributed by atoms with Crippen molar-refractivity contribution in [1.82, 2.24) is 5.32 Å². The minimum atomic E-state index is -3.87. The molecule has 0 aromatic heterocycles. The Balaban J connectivity index is 2.19. The molecular formula is C13H18N2O5S. The monoisotopic (exact) mass is 314 g/mol. The second-order valence-electron chi connectivity index (χ2n) is 4.91. The lowest BCUT2D eigenvalue weighted by atomic mass is 9.89. The Bertz CT molecular complexity index is 638. The highest BCUT2D eigenvalue weighted by atomic mass is 32.2. The number of amides is 1. The molecule has 3 N–H and O–H groups in total. The Kier molecular flexibility index (Phi) is 4.50. The molecule has 1 amide bonds. The van der Waals surface area contributed by atoms with E-state index >= 15 is 0 Å². The van der Waals surface area contributed by atoms with Crippen LogP contribution in [0.2, 0.25) is 0 Å². The lowest BCUT2D eigenvalue weighted by Gasteiger charge is -2.34. The van der Waals surface area contributed by atoms with E-state index in [0.717, 1.165) is 12.8 Å². The van der Waals surface area contributed by atoms with E-state index < -0.39 is 15.9 Å². The Hall–Kier alpha value is -1.64. The van der Waals surface area contributed by atoms with Crippen LogP contribution in [0, 0.1) is 0 Å². The second kappa shape index (κ2) is 6.00. The molecule has 0 bridgehead atoms. The summed E-state index contributed by atoms with van der Waals surface area (Å²) in [4.78, 5) is 12.1. The molecule has 8 heteroatoms. The maximum Gasteiger partial charge on any atom is 0.255 e. The number of nitrogens with one attached hydrogen (secondary N) is 1. The Morgan fingerprint density at radius 2 is 2.00 bits per heavy atom. The standard InChI is InChI=1S/C13H18N2O5S/c1-19-9-5-8(6-9)15-13(16)11-7-10(21(14,17)18)3-4-12(11)20-2/h3-4,7-9H,5-6H2,1-2H3,(H,15,16)(H2,14,17,18). The summed E-state index contributed by atoms with van der Waals surface area (Å²) in [6.07, 6.45) is 1.63. The van der Waals surface area contributed by atoms with E-state index in [2.05, 4.69) is 5.32 Å². The van der Waals surface area contributed by atoms with Gasteiger partial charge >= 0.3 is 0 Å². The molecule has 0 atom stereocenters. The van der Waals surface area contributed by atoms with Crippen LogP contribution in [0.1, 0.15) is 23.2 Å². The van der Waals surface area contributed by atoms with Crippen LogP contribution in [0.5, 0.6) is 5.75 Å². The molecule has 0 unspecified atom stereocenters. The quantitative estimate of drug-likeness (QED) is 0.810. The maximum atomic E-state index is 12.2. The molecule has 116 valence electrons. The SMILES string of the molecule is COc1ccc(S(N)(=O)=O)cc1C(=O)NC1CC(OC)C1. The summed E-state index contributed by atoms with van der Waals surface area (Å²) in [5.41, 5.74) is 0.143. The van der Waals surface area contributed by atoms with Crippen LogP contribution in [0.3, 0.4) is 0 Å².